The molecule has 14 heavy (non-hydrogen) atoms. The van der Waals surface area contributed by atoms with Crippen LogP contribution in [0.3, 0.4) is 0 Å². The smallest absolute Gasteiger partial charge is 0.338 e. The quantitative estimate of drug-likeness (QED) is 0.407. The number of carbonyl (C=O) groups excluding carboxylic acids is 2. The first-order chi connectivity index (χ1) is 6.47. The molecule has 0 saturated heterocycles. The van der Waals surface area contributed by atoms with Gasteiger partial charge in [-0.2, -0.15) is 0 Å². The molecule has 0 unspecified atom stereocenters. The molecule has 0 radical (unpaired) electrons. The van der Waals surface area contributed by atoms with Crippen LogP contribution in [-0.2, 0) is 19.1 Å². The van der Waals surface area contributed by atoms with Crippen LogP contribution >= 0.6 is 0 Å². The van der Waals surface area contributed by atoms with Gasteiger partial charge in [-0.3, -0.25) is 4.79 Å². The Bertz CT molecular complexity index is 300. The van der Waals surface area contributed by atoms with E-state index in [1.807, 2.05) is 0 Å². The molecule has 0 heterocycles. The average Bonchev–Trinajstić information content (AvgIpc) is 2.03. The molecule has 0 aliphatic heterocycles. The van der Waals surface area contributed by atoms with E-state index in [1.165, 1.54) is 6.08 Å². The molecule has 0 bridgehead atoms. The van der Waals surface area contributed by atoms with E-state index in [-0.39, 0.29) is 5.57 Å². The summed E-state index contributed by atoms with van der Waals surface area (Å²) in [6, 6.07) is 0. The van der Waals surface area contributed by atoms with Crippen molar-refractivity contribution in [3.8, 4) is 0 Å². The van der Waals surface area contributed by atoms with Crippen LogP contribution in [0, 0.1) is 0 Å². The molecule has 0 atom stereocenters. The van der Waals surface area contributed by atoms with Crippen LogP contribution in [0.1, 0.15) is 13.3 Å². The molecular formula is C9H10O5. The van der Waals surface area contributed by atoms with Crippen molar-refractivity contribution in [3.05, 3.63) is 24.3 Å². The third kappa shape index (κ3) is 4.87. The molecule has 1 N–H and O–H groups in total. The number of carbonyl (C=O) groups is 3. The average molecular weight is 198 g/mol. The van der Waals surface area contributed by atoms with Crippen LogP contribution in [0.2, 0.25) is 0 Å². The second-order valence-electron chi connectivity index (χ2n) is 2.38. The maximum atomic E-state index is 10.8. The third-order valence-electron chi connectivity index (χ3n) is 1.18. The molecule has 0 amide bonds. The monoisotopic (exact) mass is 198 g/mol. The Morgan fingerprint density at radius 3 is 2.43 bits per heavy atom. The van der Waals surface area contributed by atoms with Crippen molar-refractivity contribution in [3.63, 3.8) is 0 Å². The number of ether oxygens (including phenoxy) is 1. The Morgan fingerprint density at radius 1 is 1.43 bits per heavy atom. The van der Waals surface area contributed by atoms with Crippen LogP contribution in [0.5, 0.6) is 0 Å². The van der Waals surface area contributed by atoms with E-state index in [0.29, 0.717) is 0 Å². The fraction of sp³-hybridized carbons (Fsp3) is 0.222. The van der Waals surface area contributed by atoms with Gasteiger partial charge in [0.2, 0.25) is 0 Å². The number of aliphatic carboxylic acids is 1. The molecule has 0 saturated carbocycles. The minimum atomic E-state index is -1.29. The number of carboxylic acid groups (broad SMARTS) is 1. The highest BCUT2D eigenvalue weighted by Crippen LogP contribution is 2.00. The van der Waals surface area contributed by atoms with Gasteiger partial charge in [0.25, 0.3) is 0 Å². The molecule has 0 aliphatic carbocycles. The number of allylic oxidation sites excluding steroid dienone is 1. The molecule has 0 aliphatic rings. The summed E-state index contributed by atoms with van der Waals surface area (Å²) in [5.41, 5.74) is -0.316. The zero-order chi connectivity index (χ0) is 11.1. The summed E-state index contributed by atoms with van der Waals surface area (Å²) in [5.74, 6) is -3.04. The topological polar surface area (TPSA) is 80.7 Å². The zero-order valence-corrected chi connectivity index (χ0v) is 7.65. The van der Waals surface area contributed by atoms with Crippen LogP contribution < -0.4 is 0 Å². The van der Waals surface area contributed by atoms with Crippen molar-refractivity contribution in [1.29, 1.82) is 0 Å². The van der Waals surface area contributed by atoms with E-state index in [9.17, 15) is 14.4 Å². The van der Waals surface area contributed by atoms with Crippen molar-refractivity contribution < 1.29 is 24.2 Å². The van der Waals surface area contributed by atoms with Crippen molar-refractivity contribution in [1.82, 2.24) is 0 Å². The Kier molecular flexibility index (Phi) is 4.91. The van der Waals surface area contributed by atoms with E-state index in [1.54, 1.807) is 6.92 Å². The van der Waals surface area contributed by atoms with Crippen molar-refractivity contribution in [2.45, 2.75) is 13.3 Å². The van der Waals surface area contributed by atoms with Crippen LogP contribution in [0.25, 0.3) is 0 Å². The number of hydrogen-bond donors (Lipinski definition) is 1. The van der Waals surface area contributed by atoms with Gasteiger partial charge in [-0.25, -0.2) is 9.59 Å². The molecule has 0 spiro atoms. The van der Waals surface area contributed by atoms with Gasteiger partial charge in [-0.05, 0) is 6.92 Å². The Hall–Kier alpha value is -1.91. The highest BCUT2D eigenvalue weighted by molar-refractivity contribution is 5.97. The van der Waals surface area contributed by atoms with Gasteiger partial charge in [0.05, 0.1) is 6.42 Å². The molecule has 76 valence electrons. The van der Waals surface area contributed by atoms with Crippen LogP contribution in [-0.4, -0.2) is 23.0 Å². The summed E-state index contributed by atoms with van der Waals surface area (Å²) >= 11 is 0. The third-order valence-corrected chi connectivity index (χ3v) is 1.18. The predicted octanol–water partition coefficient (Wildman–Crippen LogP) is 0.663. The first-order valence-electron chi connectivity index (χ1n) is 3.75. The largest absolute Gasteiger partial charge is 0.478 e. The van der Waals surface area contributed by atoms with Gasteiger partial charge in [0.15, 0.2) is 0 Å². The van der Waals surface area contributed by atoms with E-state index in [4.69, 9.17) is 5.11 Å². The lowest BCUT2D eigenvalue weighted by Gasteiger charge is -1.99. The van der Waals surface area contributed by atoms with E-state index < -0.39 is 24.3 Å². The maximum Gasteiger partial charge on any atom is 0.338 e. The van der Waals surface area contributed by atoms with Gasteiger partial charge in [0, 0.05) is 11.6 Å². The summed E-state index contributed by atoms with van der Waals surface area (Å²) in [4.78, 5) is 31.8. The molecule has 0 aromatic carbocycles. The summed E-state index contributed by atoms with van der Waals surface area (Å²) in [5, 5.41) is 8.36. The van der Waals surface area contributed by atoms with Crippen molar-refractivity contribution in [2.75, 3.05) is 0 Å². The number of hydrogen-bond acceptors (Lipinski definition) is 4. The standard InChI is InChI=1S/C9H10O5/c1-3-4-7(10)14-8(11)5-6(2)9(12)13/h3-4H,2,5H2,1H3,(H,12,13)/b4-3+. The molecular weight excluding hydrogens is 188 g/mol. The van der Waals surface area contributed by atoms with Crippen LogP contribution in [0.15, 0.2) is 24.3 Å². The van der Waals surface area contributed by atoms with E-state index >= 15 is 0 Å². The Balaban J connectivity index is 4.05. The number of carboxylic acids is 1. The van der Waals surface area contributed by atoms with E-state index in [2.05, 4.69) is 11.3 Å². The zero-order valence-electron chi connectivity index (χ0n) is 7.65. The lowest BCUT2D eigenvalue weighted by molar-refractivity contribution is -0.156. The summed E-state index contributed by atoms with van der Waals surface area (Å²) in [6.45, 7) is 4.70. The Morgan fingerprint density at radius 2 is 2.00 bits per heavy atom. The molecule has 0 fully saturated rings. The van der Waals surface area contributed by atoms with E-state index in [0.717, 1.165) is 6.08 Å². The van der Waals surface area contributed by atoms with Gasteiger partial charge >= 0.3 is 17.9 Å². The molecule has 5 nitrogen and oxygen atoms in total. The lowest BCUT2D eigenvalue weighted by Crippen LogP contribution is -2.13. The minimum Gasteiger partial charge on any atom is -0.478 e. The maximum absolute atomic E-state index is 10.8. The highest BCUT2D eigenvalue weighted by atomic mass is 16.6. The van der Waals surface area contributed by atoms with Gasteiger partial charge in [0.1, 0.15) is 0 Å². The van der Waals surface area contributed by atoms with Gasteiger partial charge < -0.3 is 9.84 Å². The van der Waals surface area contributed by atoms with Crippen molar-refractivity contribution >= 4 is 17.9 Å². The Labute approximate surface area is 80.7 Å². The number of esters is 2. The highest BCUT2D eigenvalue weighted by Gasteiger charge is 2.13. The second kappa shape index (κ2) is 5.69. The summed E-state index contributed by atoms with van der Waals surface area (Å²) < 4.78 is 4.22. The normalized spacial score (nSPS) is 9.79. The van der Waals surface area contributed by atoms with Crippen molar-refractivity contribution in [2.24, 2.45) is 0 Å². The van der Waals surface area contributed by atoms with Gasteiger partial charge in [-0.15, -0.1) is 0 Å². The number of rotatable bonds is 4. The summed E-state index contributed by atoms with van der Waals surface area (Å²) in [6.07, 6.45) is 1.96. The van der Waals surface area contributed by atoms with Gasteiger partial charge in [-0.1, -0.05) is 12.7 Å². The first-order valence-corrected chi connectivity index (χ1v) is 3.75. The predicted molar refractivity (Wildman–Crippen MR) is 47.3 cm³/mol. The lowest BCUT2D eigenvalue weighted by atomic mass is 10.2. The second-order valence-corrected chi connectivity index (χ2v) is 2.38. The minimum absolute atomic E-state index is 0.316. The fourth-order valence-electron chi connectivity index (χ4n) is 0.568. The van der Waals surface area contributed by atoms with Crippen LogP contribution in [0.4, 0.5) is 0 Å². The molecule has 0 aromatic rings. The first kappa shape index (κ1) is 12.1. The summed E-state index contributed by atoms with van der Waals surface area (Å²) in [7, 11) is 0. The SMILES string of the molecule is C=C(CC(=O)OC(=O)/C=C/C)C(=O)O. The molecule has 5 heteroatoms. The fourth-order valence-corrected chi connectivity index (χ4v) is 0.568. The molecule has 0 aromatic heterocycles. The molecule has 0 rings (SSSR count).